The monoisotopic (exact) mass is 579 g/mol. The maximum Gasteiger partial charge on any atom is 0.233 e. The van der Waals surface area contributed by atoms with E-state index in [1.165, 1.54) is 18.1 Å². The minimum atomic E-state index is -0.719. The standard InChI is InChI=1S/C30H30BrNO6/c1-14-10-22(33)26-21(27(14)34)13-19-17(24(26)20-11-15(31)12-23(38-2)28(20)35)8-9-18-25(19)30(37)32(29(18)36)16-6-4-3-5-7-16/h8,10-12,16,18-19,24-25,35H,3-7,9,13H2,1-2H3. The number of phenols is 1. The van der Waals surface area contributed by atoms with E-state index in [0.717, 1.165) is 37.7 Å². The van der Waals surface area contributed by atoms with E-state index in [1.807, 2.05) is 6.08 Å². The molecule has 1 aliphatic heterocycles. The molecule has 2 fully saturated rings. The average Bonchev–Trinajstić information content (AvgIpc) is 3.17. The Morgan fingerprint density at radius 1 is 1.03 bits per heavy atom. The first-order valence-electron chi connectivity index (χ1n) is 13.4. The van der Waals surface area contributed by atoms with Crippen LogP contribution in [0.15, 0.2) is 51.0 Å². The van der Waals surface area contributed by atoms with Gasteiger partial charge in [0.15, 0.2) is 23.1 Å². The van der Waals surface area contributed by atoms with Gasteiger partial charge in [0.2, 0.25) is 11.8 Å². The van der Waals surface area contributed by atoms with E-state index in [1.54, 1.807) is 19.1 Å². The highest BCUT2D eigenvalue weighted by Crippen LogP contribution is 2.57. The first kappa shape index (κ1) is 25.3. The number of nitrogens with zero attached hydrogens (tertiary/aromatic N) is 1. The van der Waals surface area contributed by atoms with Crippen LogP contribution in [0.4, 0.5) is 0 Å². The van der Waals surface area contributed by atoms with Crippen LogP contribution in [0.1, 0.15) is 63.4 Å². The average molecular weight is 580 g/mol. The molecule has 1 saturated heterocycles. The molecular weight excluding hydrogens is 550 g/mol. The molecule has 0 radical (unpaired) electrons. The molecule has 198 valence electrons. The molecule has 7 nitrogen and oxygen atoms in total. The molecule has 1 saturated carbocycles. The molecule has 8 heteroatoms. The van der Waals surface area contributed by atoms with Gasteiger partial charge in [-0.15, -0.1) is 0 Å². The van der Waals surface area contributed by atoms with Gasteiger partial charge in [-0.25, -0.2) is 0 Å². The molecule has 2 amide bonds. The van der Waals surface area contributed by atoms with Crippen LogP contribution in [0.5, 0.6) is 11.5 Å². The van der Waals surface area contributed by atoms with Gasteiger partial charge in [0, 0.05) is 38.7 Å². The Hall–Kier alpha value is -3.00. The number of ether oxygens (including phenoxy) is 1. The number of ketones is 2. The number of likely N-dealkylation sites (tertiary alicyclic amines) is 1. The van der Waals surface area contributed by atoms with Crippen molar-refractivity contribution < 1.29 is 29.0 Å². The number of rotatable bonds is 3. The molecule has 1 aromatic rings. The van der Waals surface area contributed by atoms with E-state index < -0.39 is 23.7 Å². The van der Waals surface area contributed by atoms with Gasteiger partial charge in [-0.3, -0.25) is 24.1 Å². The second kappa shape index (κ2) is 9.33. The molecule has 0 bridgehead atoms. The Labute approximate surface area is 229 Å². The van der Waals surface area contributed by atoms with Crippen molar-refractivity contribution in [2.75, 3.05) is 7.11 Å². The number of amides is 2. The number of carbonyl (C=O) groups excluding carboxylic acids is 4. The third kappa shape index (κ3) is 3.67. The molecule has 1 N–H and O–H groups in total. The van der Waals surface area contributed by atoms with Crippen LogP contribution in [-0.2, 0) is 19.2 Å². The Morgan fingerprint density at radius 3 is 2.47 bits per heavy atom. The summed E-state index contributed by atoms with van der Waals surface area (Å²) in [5.74, 6) is -2.77. The van der Waals surface area contributed by atoms with Crippen molar-refractivity contribution in [1.29, 1.82) is 0 Å². The van der Waals surface area contributed by atoms with Crippen molar-refractivity contribution in [2.45, 2.75) is 63.8 Å². The molecule has 0 aromatic heterocycles. The predicted octanol–water partition coefficient (Wildman–Crippen LogP) is 4.93. The number of fused-ring (bicyclic) bond motifs is 3. The largest absolute Gasteiger partial charge is 0.504 e. The summed E-state index contributed by atoms with van der Waals surface area (Å²) in [4.78, 5) is 55.9. The smallest absolute Gasteiger partial charge is 0.233 e. The molecule has 0 spiro atoms. The number of benzene rings is 1. The molecule has 4 aliphatic carbocycles. The van der Waals surface area contributed by atoms with E-state index in [-0.39, 0.29) is 47.3 Å². The second-order valence-electron chi connectivity index (χ2n) is 11.1. The van der Waals surface area contributed by atoms with E-state index in [2.05, 4.69) is 15.9 Å². The van der Waals surface area contributed by atoms with E-state index in [4.69, 9.17) is 4.74 Å². The molecule has 1 heterocycles. The van der Waals surface area contributed by atoms with Gasteiger partial charge in [0.1, 0.15) is 0 Å². The predicted molar refractivity (Wildman–Crippen MR) is 142 cm³/mol. The van der Waals surface area contributed by atoms with Crippen molar-refractivity contribution in [3.05, 3.63) is 56.6 Å². The Bertz CT molecular complexity index is 1380. The number of Topliss-reactive ketones (excluding diaryl/α,β-unsaturated/α-hetero) is 1. The van der Waals surface area contributed by atoms with Gasteiger partial charge < -0.3 is 9.84 Å². The summed E-state index contributed by atoms with van der Waals surface area (Å²) in [6.07, 6.45) is 8.78. The van der Waals surface area contributed by atoms with E-state index >= 15 is 0 Å². The second-order valence-corrected chi connectivity index (χ2v) is 12.0. The zero-order valence-corrected chi connectivity index (χ0v) is 23.0. The zero-order valence-electron chi connectivity index (χ0n) is 21.5. The molecule has 6 rings (SSSR count). The normalized spacial score (nSPS) is 29.6. The maximum atomic E-state index is 14.0. The summed E-state index contributed by atoms with van der Waals surface area (Å²) >= 11 is 3.49. The van der Waals surface area contributed by atoms with Gasteiger partial charge >= 0.3 is 0 Å². The van der Waals surface area contributed by atoms with Crippen LogP contribution in [-0.4, -0.2) is 46.5 Å². The van der Waals surface area contributed by atoms with Gasteiger partial charge in [-0.05, 0) is 56.7 Å². The minimum absolute atomic E-state index is 0.0617. The van der Waals surface area contributed by atoms with Crippen LogP contribution in [0.2, 0.25) is 0 Å². The third-order valence-electron chi connectivity index (χ3n) is 9.14. The topological polar surface area (TPSA) is 101 Å². The van der Waals surface area contributed by atoms with Gasteiger partial charge in [0.25, 0.3) is 0 Å². The SMILES string of the molecule is COc1cc(Br)cc(C2C3=CCC4C(=O)N(C5CCCCC5)C(=O)C4C3CC3=C2C(=O)C=C(C)C3=O)c1O. The lowest BCUT2D eigenvalue weighted by atomic mass is 9.59. The van der Waals surface area contributed by atoms with Crippen LogP contribution in [0, 0.1) is 17.8 Å². The number of halogens is 1. The Kier molecular flexibility index (Phi) is 6.21. The number of hydrogen-bond acceptors (Lipinski definition) is 6. The summed E-state index contributed by atoms with van der Waals surface area (Å²) in [5, 5.41) is 11.2. The number of carbonyl (C=O) groups is 4. The molecular formula is C30H30BrNO6. The number of methoxy groups -OCH3 is 1. The molecule has 4 atom stereocenters. The maximum absolute atomic E-state index is 14.0. The highest BCUT2D eigenvalue weighted by atomic mass is 79.9. The fraction of sp³-hybridized carbons (Fsp3) is 0.467. The lowest BCUT2D eigenvalue weighted by molar-refractivity contribution is -0.143. The quantitative estimate of drug-likeness (QED) is 0.309. The van der Waals surface area contributed by atoms with Crippen molar-refractivity contribution in [2.24, 2.45) is 17.8 Å². The lowest BCUT2D eigenvalue weighted by Gasteiger charge is -2.42. The number of hydrogen-bond donors (Lipinski definition) is 1. The van der Waals surface area contributed by atoms with E-state index in [0.29, 0.717) is 33.2 Å². The van der Waals surface area contributed by atoms with Crippen LogP contribution < -0.4 is 4.74 Å². The van der Waals surface area contributed by atoms with Crippen molar-refractivity contribution in [3.8, 4) is 11.5 Å². The van der Waals surface area contributed by atoms with Crippen LogP contribution in [0.25, 0.3) is 0 Å². The van der Waals surface area contributed by atoms with Crippen LogP contribution in [0.3, 0.4) is 0 Å². The first-order valence-corrected chi connectivity index (χ1v) is 14.2. The van der Waals surface area contributed by atoms with Crippen molar-refractivity contribution in [1.82, 2.24) is 4.90 Å². The summed E-state index contributed by atoms with van der Waals surface area (Å²) < 4.78 is 6.04. The van der Waals surface area contributed by atoms with Gasteiger partial charge in [-0.1, -0.05) is 46.8 Å². The highest BCUT2D eigenvalue weighted by Gasteiger charge is 2.57. The Balaban J connectivity index is 1.50. The first-order chi connectivity index (χ1) is 18.2. The van der Waals surface area contributed by atoms with Crippen LogP contribution >= 0.6 is 15.9 Å². The lowest BCUT2D eigenvalue weighted by Crippen LogP contribution is -2.43. The summed E-state index contributed by atoms with van der Waals surface area (Å²) in [6, 6.07) is 3.31. The van der Waals surface area contributed by atoms with Gasteiger partial charge in [-0.2, -0.15) is 0 Å². The van der Waals surface area contributed by atoms with E-state index in [9.17, 15) is 24.3 Å². The third-order valence-corrected chi connectivity index (χ3v) is 9.59. The number of imide groups is 1. The van der Waals surface area contributed by atoms with Gasteiger partial charge in [0.05, 0.1) is 18.9 Å². The summed E-state index contributed by atoms with van der Waals surface area (Å²) in [7, 11) is 1.45. The number of phenolic OH excluding ortho intramolecular Hbond substituents is 1. The summed E-state index contributed by atoms with van der Waals surface area (Å²) in [5.41, 5.74) is 2.35. The molecule has 4 unspecified atom stereocenters. The zero-order chi connectivity index (χ0) is 26.9. The molecule has 38 heavy (non-hydrogen) atoms. The van der Waals surface area contributed by atoms with Crippen molar-refractivity contribution in [3.63, 3.8) is 0 Å². The highest BCUT2D eigenvalue weighted by molar-refractivity contribution is 9.10. The fourth-order valence-corrected chi connectivity index (χ4v) is 7.89. The number of allylic oxidation sites excluding steroid dienone is 6. The number of aromatic hydroxyl groups is 1. The van der Waals surface area contributed by atoms with Crippen molar-refractivity contribution >= 4 is 39.3 Å². The fourth-order valence-electron chi connectivity index (χ4n) is 7.43. The minimum Gasteiger partial charge on any atom is -0.504 e. The Morgan fingerprint density at radius 2 is 1.76 bits per heavy atom. The summed E-state index contributed by atoms with van der Waals surface area (Å²) in [6.45, 7) is 1.63. The molecule has 5 aliphatic rings. The molecule has 1 aromatic carbocycles.